The number of anilines is 1. The summed E-state index contributed by atoms with van der Waals surface area (Å²) in [4.78, 5) is 16.7. The van der Waals surface area contributed by atoms with E-state index in [0.717, 1.165) is 11.3 Å². The molecule has 3 heterocycles. The van der Waals surface area contributed by atoms with Gasteiger partial charge in [-0.15, -0.1) is 11.3 Å². The Morgan fingerprint density at radius 2 is 1.83 bits per heavy atom. The smallest absolute Gasteiger partial charge is 0.253 e. The average Bonchev–Trinajstić information content (AvgIpc) is 3.43. The molecule has 0 saturated carbocycles. The second-order valence-corrected chi connectivity index (χ2v) is 9.57. The van der Waals surface area contributed by atoms with Crippen LogP contribution in [0.3, 0.4) is 0 Å². The quantitative estimate of drug-likeness (QED) is 0.645. The molecular formula is C20H19N3O4S2. The van der Waals surface area contributed by atoms with Gasteiger partial charge in [0, 0.05) is 24.6 Å². The van der Waals surface area contributed by atoms with Gasteiger partial charge in [0.05, 0.1) is 0 Å². The second-order valence-electron chi connectivity index (χ2n) is 6.50. The van der Waals surface area contributed by atoms with E-state index < -0.39 is 16.1 Å². The first-order valence-corrected chi connectivity index (χ1v) is 11.4. The van der Waals surface area contributed by atoms with Crippen LogP contribution >= 0.6 is 11.3 Å². The molecule has 1 unspecified atom stereocenters. The van der Waals surface area contributed by atoms with Crippen molar-refractivity contribution in [1.29, 1.82) is 0 Å². The van der Waals surface area contributed by atoms with Gasteiger partial charge in [-0.1, -0.05) is 6.07 Å². The number of nitrogens with zero attached hydrogens (tertiary/aromatic N) is 2. The van der Waals surface area contributed by atoms with Crippen molar-refractivity contribution in [3.8, 4) is 11.5 Å². The van der Waals surface area contributed by atoms with Crippen LogP contribution in [0.25, 0.3) is 0 Å². The lowest BCUT2D eigenvalue weighted by molar-refractivity contribution is -0.119. The fourth-order valence-corrected chi connectivity index (χ4v) is 5.97. The maximum atomic E-state index is 12.8. The summed E-state index contributed by atoms with van der Waals surface area (Å²) >= 11 is 1.16. The van der Waals surface area contributed by atoms with Crippen LogP contribution in [0, 0.1) is 0 Å². The molecule has 1 atom stereocenters. The van der Waals surface area contributed by atoms with E-state index in [1.165, 1.54) is 4.31 Å². The normalized spacial score (nSPS) is 17.2. The first-order chi connectivity index (χ1) is 14.0. The molecule has 2 aromatic heterocycles. The molecule has 9 heteroatoms. The monoisotopic (exact) mass is 429 g/mol. The standard InChI is InChI=1S/C20H19N3O4S2/c24-20(18-3-1-13-23(18)29(25,26)19-4-2-14-28-19)22-15-5-7-16(8-6-15)27-17-9-11-21-12-10-17/h2,4-12,14,18H,1,3,13H2,(H,22,24). The molecule has 1 aliphatic rings. The van der Waals surface area contributed by atoms with Crippen LogP contribution in [-0.4, -0.2) is 36.2 Å². The van der Waals surface area contributed by atoms with Gasteiger partial charge < -0.3 is 10.1 Å². The molecule has 7 nitrogen and oxygen atoms in total. The van der Waals surface area contributed by atoms with E-state index in [4.69, 9.17) is 4.74 Å². The van der Waals surface area contributed by atoms with E-state index >= 15 is 0 Å². The van der Waals surface area contributed by atoms with E-state index in [-0.39, 0.29) is 10.1 Å². The molecule has 0 bridgehead atoms. The van der Waals surface area contributed by atoms with E-state index in [0.29, 0.717) is 36.6 Å². The SMILES string of the molecule is O=C(Nc1ccc(Oc2ccncc2)cc1)C1CCCN1S(=O)(=O)c1cccs1. The Morgan fingerprint density at radius 1 is 1.10 bits per heavy atom. The lowest BCUT2D eigenvalue weighted by Gasteiger charge is -2.22. The van der Waals surface area contributed by atoms with Crippen molar-refractivity contribution in [3.63, 3.8) is 0 Å². The zero-order valence-corrected chi connectivity index (χ0v) is 17.0. The summed E-state index contributed by atoms with van der Waals surface area (Å²) in [5.74, 6) is 0.958. The summed E-state index contributed by atoms with van der Waals surface area (Å²) in [5, 5.41) is 4.53. The number of pyridine rings is 1. The van der Waals surface area contributed by atoms with E-state index in [1.807, 2.05) is 0 Å². The molecule has 29 heavy (non-hydrogen) atoms. The summed E-state index contributed by atoms with van der Waals surface area (Å²) in [7, 11) is -3.66. The van der Waals surface area contributed by atoms with Crippen LogP contribution in [0.15, 0.2) is 70.5 Å². The zero-order valence-electron chi connectivity index (χ0n) is 15.4. The van der Waals surface area contributed by atoms with Crippen molar-refractivity contribution in [1.82, 2.24) is 9.29 Å². The van der Waals surface area contributed by atoms with Crippen molar-refractivity contribution < 1.29 is 17.9 Å². The number of aromatic nitrogens is 1. The molecule has 1 aliphatic heterocycles. The summed E-state index contributed by atoms with van der Waals surface area (Å²) in [5.41, 5.74) is 0.581. The molecule has 1 amide bonds. The molecule has 3 aromatic rings. The Labute approximate surface area is 173 Å². The number of sulfonamides is 1. The number of carbonyl (C=O) groups excluding carboxylic acids is 1. The van der Waals surface area contributed by atoms with Crippen molar-refractivity contribution in [2.24, 2.45) is 0 Å². The minimum absolute atomic E-state index is 0.259. The van der Waals surface area contributed by atoms with E-state index in [9.17, 15) is 13.2 Å². The summed E-state index contributed by atoms with van der Waals surface area (Å²) in [6.07, 6.45) is 4.43. The van der Waals surface area contributed by atoms with E-state index in [2.05, 4.69) is 10.3 Å². The first-order valence-electron chi connectivity index (χ1n) is 9.08. The van der Waals surface area contributed by atoms with Crippen molar-refractivity contribution in [2.45, 2.75) is 23.1 Å². The molecule has 0 radical (unpaired) electrons. The van der Waals surface area contributed by atoms with Gasteiger partial charge in [0.2, 0.25) is 5.91 Å². The second kappa shape index (κ2) is 8.32. The highest BCUT2D eigenvalue weighted by Crippen LogP contribution is 2.29. The van der Waals surface area contributed by atoms with Crippen LogP contribution in [0.2, 0.25) is 0 Å². The Bertz CT molecular complexity index is 1070. The highest BCUT2D eigenvalue weighted by molar-refractivity contribution is 7.91. The fourth-order valence-electron chi connectivity index (χ4n) is 3.19. The molecule has 4 rings (SSSR count). The average molecular weight is 430 g/mol. The zero-order chi connectivity index (χ0) is 20.3. The number of nitrogens with one attached hydrogen (secondary N) is 1. The predicted molar refractivity (Wildman–Crippen MR) is 111 cm³/mol. The Kier molecular flexibility index (Phi) is 5.61. The molecule has 150 valence electrons. The molecule has 1 aromatic carbocycles. The summed E-state index contributed by atoms with van der Waals surface area (Å²) in [6, 6.07) is 13.0. The van der Waals surface area contributed by atoms with Crippen LogP contribution in [-0.2, 0) is 14.8 Å². The van der Waals surface area contributed by atoms with Gasteiger partial charge in [-0.2, -0.15) is 4.31 Å². The number of benzene rings is 1. The number of carbonyl (C=O) groups is 1. The highest BCUT2D eigenvalue weighted by atomic mass is 32.2. The molecule has 0 aliphatic carbocycles. The van der Waals surface area contributed by atoms with Crippen LogP contribution < -0.4 is 10.1 Å². The maximum absolute atomic E-state index is 12.8. The van der Waals surface area contributed by atoms with Crippen LogP contribution in [0.1, 0.15) is 12.8 Å². The van der Waals surface area contributed by atoms with Crippen molar-refractivity contribution in [2.75, 3.05) is 11.9 Å². The van der Waals surface area contributed by atoms with Crippen molar-refractivity contribution >= 4 is 33.0 Å². The number of ether oxygens (including phenoxy) is 1. The van der Waals surface area contributed by atoms with Crippen LogP contribution in [0.4, 0.5) is 5.69 Å². The Balaban J connectivity index is 1.43. The minimum atomic E-state index is -3.66. The number of hydrogen-bond donors (Lipinski definition) is 1. The fraction of sp³-hybridized carbons (Fsp3) is 0.200. The molecule has 0 spiro atoms. The number of amides is 1. The van der Waals surface area contributed by atoms with Gasteiger partial charge in [-0.3, -0.25) is 9.78 Å². The first kappa shape index (κ1) is 19.6. The van der Waals surface area contributed by atoms with Gasteiger partial charge in [-0.25, -0.2) is 8.42 Å². The topological polar surface area (TPSA) is 88.6 Å². The third-order valence-corrected chi connectivity index (χ3v) is 7.85. The third-order valence-electron chi connectivity index (χ3n) is 4.57. The Morgan fingerprint density at radius 3 is 2.52 bits per heavy atom. The van der Waals surface area contributed by atoms with Crippen molar-refractivity contribution in [3.05, 3.63) is 66.3 Å². The number of thiophene rings is 1. The molecule has 1 saturated heterocycles. The largest absolute Gasteiger partial charge is 0.457 e. The van der Waals surface area contributed by atoms with E-state index in [1.54, 1.807) is 66.3 Å². The molecular weight excluding hydrogens is 410 g/mol. The van der Waals surface area contributed by atoms with Gasteiger partial charge in [0.15, 0.2) is 0 Å². The third kappa shape index (κ3) is 4.31. The maximum Gasteiger partial charge on any atom is 0.253 e. The summed E-state index contributed by atoms with van der Waals surface area (Å²) in [6.45, 7) is 0.344. The van der Waals surface area contributed by atoms with Gasteiger partial charge in [-0.05, 0) is 60.7 Å². The Hall–Kier alpha value is -2.75. The summed E-state index contributed by atoms with van der Waals surface area (Å²) < 4.78 is 32.9. The predicted octanol–water partition coefficient (Wildman–Crippen LogP) is 3.73. The van der Waals surface area contributed by atoms with Gasteiger partial charge >= 0.3 is 0 Å². The lowest BCUT2D eigenvalue weighted by Crippen LogP contribution is -2.42. The van der Waals surface area contributed by atoms with Gasteiger partial charge in [0.25, 0.3) is 10.0 Å². The molecule has 1 fully saturated rings. The lowest BCUT2D eigenvalue weighted by atomic mass is 10.2. The minimum Gasteiger partial charge on any atom is -0.457 e. The number of rotatable bonds is 6. The van der Waals surface area contributed by atoms with Crippen LogP contribution in [0.5, 0.6) is 11.5 Å². The highest BCUT2D eigenvalue weighted by Gasteiger charge is 2.39. The number of hydrogen-bond acceptors (Lipinski definition) is 6. The molecule has 1 N–H and O–H groups in total. The van der Waals surface area contributed by atoms with Gasteiger partial charge in [0.1, 0.15) is 21.8 Å².